The maximum Gasteiger partial charge on any atom is 0.166 e. The molecule has 6 heteroatoms. The number of nitrogens with zero attached hydrogens (tertiary/aromatic N) is 5. The first-order valence-electron chi connectivity index (χ1n) is 19.1. The average Bonchev–Trinajstić information content (AvgIpc) is 3.95. The predicted octanol–water partition coefficient (Wildman–Crippen LogP) is 13.4. The smallest absolute Gasteiger partial charge is 0.166 e. The zero-order valence-electron chi connectivity index (χ0n) is 30.5. The van der Waals surface area contributed by atoms with Crippen molar-refractivity contribution < 1.29 is 0 Å². The third-order valence-corrected chi connectivity index (χ3v) is 12.4. The first kappa shape index (κ1) is 31.9. The second-order valence-electron chi connectivity index (χ2n) is 14.4. The molecule has 0 atom stereocenters. The Labute approximate surface area is 331 Å². The van der Waals surface area contributed by atoms with Crippen LogP contribution in [0.4, 0.5) is 0 Å². The van der Waals surface area contributed by atoms with E-state index in [9.17, 15) is 0 Å². The molecule has 0 saturated heterocycles. The van der Waals surface area contributed by atoms with Crippen molar-refractivity contribution in [3.8, 4) is 45.5 Å². The van der Waals surface area contributed by atoms with E-state index in [-0.39, 0.29) is 0 Å². The first-order chi connectivity index (χ1) is 28.3. The van der Waals surface area contributed by atoms with Crippen LogP contribution in [-0.4, -0.2) is 24.1 Å². The van der Waals surface area contributed by atoms with Gasteiger partial charge in [0.2, 0.25) is 0 Å². The molecule has 0 amide bonds. The second-order valence-corrected chi connectivity index (χ2v) is 15.4. The number of aromatic nitrogens is 5. The summed E-state index contributed by atoms with van der Waals surface area (Å²) in [7, 11) is 0. The molecule has 0 bridgehead atoms. The zero-order valence-corrected chi connectivity index (χ0v) is 31.4. The summed E-state index contributed by atoms with van der Waals surface area (Å²) in [5.74, 6) is 1.92. The van der Waals surface area contributed by atoms with Gasteiger partial charge in [-0.2, -0.15) is 0 Å². The number of thiophene rings is 1. The molecule has 4 heterocycles. The largest absolute Gasteiger partial charge is 0.309 e. The number of benzene rings is 8. The summed E-state index contributed by atoms with van der Waals surface area (Å²) in [6.07, 6.45) is 0. The fourth-order valence-electron chi connectivity index (χ4n) is 8.74. The molecule has 0 saturated carbocycles. The Kier molecular flexibility index (Phi) is 7.03. The fourth-order valence-corrected chi connectivity index (χ4v) is 10.0. The van der Waals surface area contributed by atoms with Crippen molar-refractivity contribution in [2.75, 3.05) is 0 Å². The number of rotatable bonds is 5. The molecule has 8 aromatic carbocycles. The molecule has 0 spiro atoms. The van der Waals surface area contributed by atoms with Crippen molar-refractivity contribution in [2.24, 2.45) is 0 Å². The summed E-state index contributed by atoms with van der Waals surface area (Å²) < 4.78 is 7.36. The van der Waals surface area contributed by atoms with Gasteiger partial charge in [0, 0.05) is 64.1 Å². The van der Waals surface area contributed by atoms with Crippen molar-refractivity contribution >= 4 is 75.1 Å². The molecule has 0 aliphatic carbocycles. The minimum absolute atomic E-state index is 0.634. The van der Waals surface area contributed by atoms with Crippen molar-refractivity contribution in [1.82, 2.24) is 24.1 Å². The lowest BCUT2D eigenvalue weighted by atomic mass is 10.0. The van der Waals surface area contributed by atoms with Gasteiger partial charge < -0.3 is 9.13 Å². The average molecular weight is 746 g/mol. The minimum Gasteiger partial charge on any atom is -0.309 e. The molecule has 0 fully saturated rings. The molecular weight excluding hydrogens is 715 g/mol. The van der Waals surface area contributed by atoms with Crippen LogP contribution >= 0.6 is 11.3 Å². The van der Waals surface area contributed by atoms with Gasteiger partial charge in [0.05, 0.1) is 27.8 Å². The molecule has 4 aromatic heterocycles. The van der Waals surface area contributed by atoms with Gasteiger partial charge in [0.1, 0.15) is 0 Å². The first-order valence-corrected chi connectivity index (χ1v) is 19.9. The van der Waals surface area contributed by atoms with Gasteiger partial charge in [-0.3, -0.25) is 0 Å². The van der Waals surface area contributed by atoms with Crippen LogP contribution in [0.5, 0.6) is 0 Å². The number of hydrogen-bond donors (Lipinski definition) is 0. The van der Waals surface area contributed by atoms with Crippen LogP contribution in [0.25, 0.3) is 109 Å². The molecule has 266 valence electrons. The summed E-state index contributed by atoms with van der Waals surface area (Å²) in [6, 6.07) is 66.5. The Morgan fingerprint density at radius 1 is 0.368 bits per heavy atom. The van der Waals surface area contributed by atoms with Crippen LogP contribution in [0.2, 0.25) is 0 Å². The van der Waals surface area contributed by atoms with Gasteiger partial charge >= 0.3 is 0 Å². The van der Waals surface area contributed by atoms with E-state index < -0.39 is 0 Å². The van der Waals surface area contributed by atoms with Crippen LogP contribution in [0.1, 0.15) is 0 Å². The van der Waals surface area contributed by atoms with Crippen molar-refractivity contribution in [3.05, 3.63) is 188 Å². The highest BCUT2D eigenvalue weighted by Gasteiger charge is 2.24. The number of hydrogen-bond acceptors (Lipinski definition) is 4. The van der Waals surface area contributed by atoms with Gasteiger partial charge in [-0.15, -0.1) is 11.3 Å². The summed E-state index contributed by atoms with van der Waals surface area (Å²) in [5, 5.41) is 7.41. The topological polar surface area (TPSA) is 48.5 Å². The van der Waals surface area contributed by atoms with Crippen LogP contribution in [0.15, 0.2) is 188 Å². The second kappa shape index (κ2) is 12.6. The number of para-hydroxylation sites is 4. The van der Waals surface area contributed by atoms with Crippen LogP contribution in [0.3, 0.4) is 0 Å². The molecule has 0 unspecified atom stereocenters. The van der Waals surface area contributed by atoms with E-state index in [1.807, 2.05) is 47.7 Å². The Morgan fingerprint density at radius 2 is 0.930 bits per heavy atom. The van der Waals surface area contributed by atoms with Crippen LogP contribution in [0, 0.1) is 0 Å². The highest BCUT2D eigenvalue weighted by molar-refractivity contribution is 7.27. The summed E-state index contributed by atoms with van der Waals surface area (Å²) in [5.41, 5.74) is 9.73. The van der Waals surface area contributed by atoms with Crippen LogP contribution in [-0.2, 0) is 0 Å². The minimum atomic E-state index is 0.634. The van der Waals surface area contributed by atoms with E-state index in [0.717, 1.165) is 38.8 Å². The van der Waals surface area contributed by atoms with E-state index in [1.165, 1.54) is 53.1 Å². The Hall–Kier alpha value is -7.41. The van der Waals surface area contributed by atoms with Crippen LogP contribution < -0.4 is 0 Å². The van der Waals surface area contributed by atoms with Gasteiger partial charge in [-0.05, 0) is 48.5 Å². The Morgan fingerprint density at radius 3 is 1.60 bits per heavy atom. The maximum atomic E-state index is 5.21. The normalized spacial score (nSPS) is 11.9. The molecular formula is C51H31N5S. The molecule has 57 heavy (non-hydrogen) atoms. The fraction of sp³-hybridized carbons (Fsp3) is 0. The van der Waals surface area contributed by atoms with E-state index in [2.05, 4.69) is 161 Å². The molecule has 0 radical (unpaired) electrons. The molecule has 12 rings (SSSR count). The molecule has 0 aliphatic rings. The van der Waals surface area contributed by atoms with Crippen molar-refractivity contribution in [2.45, 2.75) is 0 Å². The molecule has 5 nitrogen and oxygen atoms in total. The lowest BCUT2D eigenvalue weighted by molar-refractivity contribution is 1.07. The van der Waals surface area contributed by atoms with Gasteiger partial charge in [-0.25, -0.2) is 15.0 Å². The highest BCUT2D eigenvalue weighted by atomic mass is 32.1. The van der Waals surface area contributed by atoms with Gasteiger partial charge in [0.25, 0.3) is 0 Å². The maximum absolute atomic E-state index is 5.21. The monoisotopic (exact) mass is 745 g/mol. The van der Waals surface area contributed by atoms with Crippen molar-refractivity contribution in [1.29, 1.82) is 0 Å². The van der Waals surface area contributed by atoms with Crippen molar-refractivity contribution in [3.63, 3.8) is 0 Å². The van der Waals surface area contributed by atoms with E-state index >= 15 is 0 Å². The third-order valence-electron chi connectivity index (χ3n) is 11.2. The zero-order chi connectivity index (χ0) is 37.5. The SMILES string of the molecule is c1ccc(-c2nc(-c3ccccc3)nc(-c3cccc4c5c6sc7cccc(-n8c9ccccc9c9ccccc98)c7c6ccc5n(-c5ccccc5)c34)n2)cc1. The Balaban J connectivity index is 1.18. The highest BCUT2D eigenvalue weighted by Crippen LogP contribution is 2.47. The standard InChI is InChI=1S/C51H31N5S/c1-4-16-32(17-5-1)49-52-50(33-18-6-2-7-19-33)54-51(53-49)39-25-14-24-37-46-43(55(47(37)39)34-20-8-3-9-21-34)31-30-38-45-42(28-15-29-44(45)57-48(38)46)56-40-26-12-10-22-35(40)36-23-11-13-27-41(36)56/h1-31H. The molecule has 0 aliphatic heterocycles. The van der Waals surface area contributed by atoms with Gasteiger partial charge in [-0.1, -0.05) is 140 Å². The molecule has 0 N–H and O–H groups in total. The molecule has 12 aromatic rings. The van der Waals surface area contributed by atoms with E-state index in [1.54, 1.807) is 0 Å². The summed E-state index contributed by atoms with van der Waals surface area (Å²) in [4.78, 5) is 15.4. The quantitative estimate of drug-likeness (QED) is 0.176. The van der Waals surface area contributed by atoms with Gasteiger partial charge in [0.15, 0.2) is 17.5 Å². The Bertz CT molecular complexity index is 3400. The summed E-state index contributed by atoms with van der Waals surface area (Å²) >= 11 is 1.87. The van der Waals surface area contributed by atoms with E-state index in [4.69, 9.17) is 15.0 Å². The lowest BCUT2D eigenvalue weighted by Crippen LogP contribution is -2.02. The third kappa shape index (κ3) is 4.84. The lowest BCUT2D eigenvalue weighted by Gasteiger charge is -2.12. The summed E-state index contributed by atoms with van der Waals surface area (Å²) in [6.45, 7) is 0. The predicted molar refractivity (Wildman–Crippen MR) is 238 cm³/mol. The number of fused-ring (bicyclic) bond motifs is 10. The van der Waals surface area contributed by atoms with E-state index in [0.29, 0.717) is 17.5 Å².